The second-order valence-electron chi connectivity index (χ2n) is 8.78. The summed E-state index contributed by atoms with van der Waals surface area (Å²) in [5.74, 6) is 1.58. The van der Waals surface area contributed by atoms with Crippen LogP contribution < -0.4 is 10.2 Å². The standard InChI is InChI=1S/C23H40N4O3/c1-5-26(6-2)15-9-10-18(3)27(23(29)14-13-20-11-7-8-12-20)17-22(28)24-21-16-19(4)30-25-21/h16,18,20H,5-15,17H2,1-4H3,(H,24,25,28)/p+1/t18-/m0/s1. The number of rotatable bonds is 13. The Bertz CT molecular complexity index is 651. The van der Waals surface area contributed by atoms with Crippen LogP contribution in [0.25, 0.3) is 0 Å². The summed E-state index contributed by atoms with van der Waals surface area (Å²) >= 11 is 0. The van der Waals surface area contributed by atoms with E-state index in [0.717, 1.165) is 38.9 Å². The molecule has 0 unspecified atom stereocenters. The maximum Gasteiger partial charge on any atom is 0.245 e. The molecule has 1 aromatic heterocycles. The van der Waals surface area contributed by atoms with Crippen LogP contribution in [0.1, 0.15) is 77.9 Å². The molecule has 0 aromatic carbocycles. The molecule has 1 atom stereocenters. The highest BCUT2D eigenvalue weighted by Crippen LogP contribution is 2.29. The Kier molecular flexibility index (Phi) is 10.3. The topological polar surface area (TPSA) is 79.9 Å². The highest BCUT2D eigenvalue weighted by Gasteiger charge is 2.25. The van der Waals surface area contributed by atoms with Crippen LogP contribution in [0.2, 0.25) is 0 Å². The highest BCUT2D eigenvalue weighted by molar-refractivity contribution is 5.93. The first-order valence-electron chi connectivity index (χ1n) is 11.8. The quantitative estimate of drug-likeness (QED) is 0.513. The van der Waals surface area contributed by atoms with Crippen molar-refractivity contribution in [1.29, 1.82) is 0 Å². The molecule has 0 aliphatic heterocycles. The number of hydrogen-bond acceptors (Lipinski definition) is 4. The summed E-state index contributed by atoms with van der Waals surface area (Å²) in [5, 5.41) is 6.57. The van der Waals surface area contributed by atoms with Gasteiger partial charge in [0, 0.05) is 18.5 Å². The third kappa shape index (κ3) is 8.09. The lowest BCUT2D eigenvalue weighted by molar-refractivity contribution is -0.896. The fraction of sp³-hybridized carbons (Fsp3) is 0.783. The van der Waals surface area contributed by atoms with E-state index >= 15 is 0 Å². The molecule has 2 rings (SSSR count). The van der Waals surface area contributed by atoms with Gasteiger partial charge in [-0.15, -0.1) is 0 Å². The third-order valence-corrected chi connectivity index (χ3v) is 6.46. The van der Waals surface area contributed by atoms with Crippen LogP contribution in [-0.4, -0.2) is 54.1 Å². The molecule has 1 aliphatic rings. The van der Waals surface area contributed by atoms with Crippen molar-refractivity contribution in [2.75, 3.05) is 31.5 Å². The van der Waals surface area contributed by atoms with Gasteiger partial charge in [0.15, 0.2) is 5.82 Å². The van der Waals surface area contributed by atoms with Crippen molar-refractivity contribution in [2.45, 2.75) is 85.1 Å². The molecule has 1 aliphatic carbocycles. The van der Waals surface area contributed by atoms with Gasteiger partial charge in [0.2, 0.25) is 11.8 Å². The van der Waals surface area contributed by atoms with Crippen molar-refractivity contribution in [1.82, 2.24) is 10.1 Å². The van der Waals surface area contributed by atoms with Gasteiger partial charge in [-0.2, -0.15) is 0 Å². The second kappa shape index (κ2) is 12.7. The van der Waals surface area contributed by atoms with Crippen molar-refractivity contribution in [3.63, 3.8) is 0 Å². The molecule has 170 valence electrons. The molecule has 1 fully saturated rings. The SMILES string of the molecule is CC[NH+](CC)CCC[C@H](C)N(CC(=O)Nc1cc(C)on1)C(=O)CCC1CCCC1. The Morgan fingerprint density at radius 3 is 2.60 bits per heavy atom. The van der Waals surface area contributed by atoms with Gasteiger partial charge in [0.05, 0.1) is 19.6 Å². The Hall–Kier alpha value is -1.89. The van der Waals surface area contributed by atoms with Gasteiger partial charge in [-0.25, -0.2) is 0 Å². The largest absolute Gasteiger partial charge is 0.360 e. The van der Waals surface area contributed by atoms with Gasteiger partial charge < -0.3 is 19.6 Å². The van der Waals surface area contributed by atoms with Crippen LogP contribution >= 0.6 is 0 Å². The summed E-state index contributed by atoms with van der Waals surface area (Å²) in [6.45, 7) is 11.7. The maximum atomic E-state index is 13.0. The van der Waals surface area contributed by atoms with E-state index < -0.39 is 0 Å². The maximum absolute atomic E-state index is 13.0. The number of anilines is 1. The Morgan fingerprint density at radius 2 is 2.00 bits per heavy atom. The Morgan fingerprint density at radius 1 is 1.30 bits per heavy atom. The third-order valence-electron chi connectivity index (χ3n) is 6.46. The van der Waals surface area contributed by atoms with E-state index in [1.54, 1.807) is 22.8 Å². The summed E-state index contributed by atoms with van der Waals surface area (Å²) in [7, 11) is 0. The fourth-order valence-electron chi connectivity index (χ4n) is 4.43. The minimum Gasteiger partial charge on any atom is -0.360 e. The zero-order valence-electron chi connectivity index (χ0n) is 19.3. The van der Waals surface area contributed by atoms with E-state index in [2.05, 4.69) is 31.2 Å². The van der Waals surface area contributed by atoms with Gasteiger partial charge >= 0.3 is 0 Å². The predicted molar refractivity (Wildman–Crippen MR) is 118 cm³/mol. The first kappa shape index (κ1) is 24.4. The lowest BCUT2D eigenvalue weighted by Gasteiger charge is -2.29. The Labute approximate surface area is 181 Å². The normalized spacial score (nSPS) is 15.5. The molecule has 0 spiro atoms. The fourth-order valence-corrected chi connectivity index (χ4v) is 4.43. The van der Waals surface area contributed by atoms with Crippen LogP contribution in [0, 0.1) is 12.8 Å². The average molecular weight is 422 g/mol. The molecule has 7 nitrogen and oxygen atoms in total. The van der Waals surface area contributed by atoms with Crippen LogP contribution in [0.4, 0.5) is 5.82 Å². The number of hydrogen-bond donors (Lipinski definition) is 2. The number of carbonyl (C=O) groups excluding carboxylic acids is 2. The molecule has 1 aromatic rings. The van der Waals surface area contributed by atoms with Crippen LogP contribution in [0.15, 0.2) is 10.6 Å². The van der Waals surface area contributed by atoms with Crippen molar-refractivity contribution in [3.8, 4) is 0 Å². The van der Waals surface area contributed by atoms with E-state index in [1.807, 2.05) is 0 Å². The lowest BCUT2D eigenvalue weighted by Crippen LogP contribution is -3.11. The van der Waals surface area contributed by atoms with Crippen molar-refractivity contribution < 1.29 is 19.0 Å². The van der Waals surface area contributed by atoms with Crippen LogP contribution in [-0.2, 0) is 9.59 Å². The van der Waals surface area contributed by atoms with E-state index in [4.69, 9.17) is 4.52 Å². The number of aryl methyl sites for hydroxylation is 1. The molecule has 30 heavy (non-hydrogen) atoms. The van der Waals surface area contributed by atoms with E-state index in [1.165, 1.54) is 25.7 Å². The van der Waals surface area contributed by atoms with E-state index in [0.29, 0.717) is 23.9 Å². The monoisotopic (exact) mass is 421 g/mol. The molecular weight excluding hydrogens is 380 g/mol. The molecule has 0 saturated heterocycles. The number of nitrogens with one attached hydrogen (secondary N) is 2. The van der Waals surface area contributed by atoms with Crippen LogP contribution in [0.5, 0.6) is 0 Å². The molecule has 2 N–H and O–H groups in total. The Balaban J connectivity index is 1.92. The summed E-state index contributed by atoms with van der Waals surface area (Å²) in [5.41, 5.74) is 0. The molecular formula is C23H41N4O3+. The molecule has 1 saturated carbocycles. The smallest absolute Gasteiger partial charge is 0.245 e. The van der Waals surface area contributed by atoms with Crippen LogP contribution in [0.3, 0.4) is 0 Å². The van der Waals surface area contributed by atoms with Gasteiger partial charge in [-0.3, -0.25) is 9.59 Å². The number of aromatic nitrogens is 1. The predicted octanol–water partition coefficient (Wildman–Crippen LogP) is 2.81. The van der Waals surface area contributed by atoms with Crippen molar-refractivity contribution in [3.05, 3.63) is 11.8 Å². The molecule has 0 bridgehead atoms. The number of quaternary nitrogens is 1. The molecule has 7 heteroatoms. The highest BCUT2D eigenvalue weighted by atomic mass is 16.5. The van der Waals surface area contributed by atoms with Crippen molar-refractivity contribution >= 4 is 17.6 Å². The van der Waals surface area contributed by atoms with Crippen molar-refractivity contribution in [2.24, 2.45) is 5.92 Å². The van der Waals surface area contributed by atoms with E-state index in [9.17, 15) is 9.59 Å². The minimum absolute atomic E-state index is 0.0424. The zero-order valence-corrected chi connectivity index (χ0v) is 19.3. The number of carbonyl (C=O) groups is 2. The van der Waals surface area contributed by atoms with Gasteiger partial charge in [0.25, 0.3) is 0 Å². The van der Waals surface area contributed by atoms with Gasteiger partial charge in [-0.05, 0) is 52.9 Å². The first-order chi connectivity index (χ1) is 14.4. The molecule has 1 heterocycles. The summed E-state index contributed by atoms with van der Waals surface area (Å²) in [6.07, 6.45) is 8.48. The minimum atomic E-state index is -0.223. The first-order valence-corrected chi connectivity index (χ1v) is 11.8. The lowest BCUT2D eigenvalue weighted by atomic mass is 10.0. The number of nitrogens with zero attached hydrogens (tertiary/aromatic N) is 2. The molecule has 2 amide bonds. The summed E-state index contributed by atoms with van der Waals surface area (Å²) in [6, 6.07) is 1.72. The second-order valence-corrected chi connectivity index (χ2v) is 8.78. The van der Waals surface area contributed by atoms with Gasteiger partial charge in [-0.1, -0.05) is 30.8 Å². The van der Waals surface area contributed by atoms with Gasteiger partial charge in [0.1, 0.15) is 12.3 Å². The molecule has 0 radical (unpaired) electrons. The number of amides is 2. The summed E-state index contributed by atoms with van der Waals surface area (Å²) in [4.78, 5) is 29.0. The van der Waals surface area contributed by atoms with E-state index in [-0.39, 0.29) is 24.4 Å². The average Bonchev–Trinajstić information content (AvgIpc) is 3.39. The zero-order chi connectivity index (χ0) is 21.9. The summed E-state index contributed by atoms with van der Waals surface area (Å²) < 4.78 is 5.01.